The summed E-state index contributed by atoms with van der Waals surface area (Å²) in [6, 6.07) is 21.2. The first kappa shape index (κ1) is 26.0. The maximum atomic E-state index is 13.3. The Kier molecular flexibility index (Phi) is 6.96. The number of thioether (sulfide) groups is 1. The van der Waals surface area contributed by atoms with Crippen molar-refractivity contribution in [3.8, 4) is 17.2 Å². The molecule has 6 rings (SSSR count). The summed E-state index contributed by atoms with van der Waals surface area (Å²) in [5, 5.41) is 5.37. The molecule has 1 aliphatic rings. The van der Waals surface area contributed by atoms with Crippen molar-refractivity contribution in [2.24, 2.45) is 0 Å². The van der Waals surface area contributed by atoms with Gasteiger partial charge in [0, 0.05) is 28.2 Å². The molecule has 0 fully saturated rings. The number of nitrogens with one attached hydrogen (secondary N) is 2. The fourth-order valence-electron chi connectivity index (χ4n) is 4.79. The van der Waals surface area contributed by atoms with Crippen LogP contribution in [0.15, 0.2) is 89.0 Å². The second-order valence-corrected chi connectivity index (χ2v) is 10.6. The molecule has 1 atom stereocenters. The molecule has 2 N–H and O–H groups in total. The van der Waals surface area contributed by atoms with Crippen molar-refractivity contribution >= 4 is 45.8 Å². The maximum Gasteiger partial charge on any atom is 0.257 e. The van der Waals surface area contributed by atoms with Gasteiger partial charge in [0.2, 0.25) is 0 Å². The number of hydrogen-bond acceptors (Lipinski definition) is 7. The van der Waals surface area contributed by atoms with Crippen LogP contribution in [0, 0.1) is 6.92 Å². The minimum Gasteiger partial charge on any atom is -0.493 e. The number of hydrogen-bond donors (Lipinski definition) is 2. The average molecular weight is 569 g/mol. The zero-order valence-electron chi connectivity index (χ0n) is 22.0. The molecule has 3 aromatic carbocycles. The summed E-state index contributed by atoms with van der Waals surface area (Å²) in [7, 11) is 1.60. The lowest BCUT2D eigenvalue weighted by Crippen LogP contribution is -2.25. The van der Waals surface area contributed by atoms with Gasteiger partial charge in [-0.05, 0) is 66.8 Å². The number of allylic oxidation sites excluding steroid dienone is 1. The van der Waals surface area contributed by atoms with Crippen LogP contribution in [-0.4, -0.2) is 28.3 Å². The van der Waals surface area contributed by atoms with E-state index in [1.165, 1.54) is 17.3 Å². The first-order chi connectivity index (χ1) is 19.4. The minimum atomic E-state index is -0.369. The fourth-order valence-corrected chi connectivity index (χ4v) is 5.33. The van der Waals surface area contributed by atoms with E-state index in [1.54, 1.807) is 31.5 Å². The van der Waals surface area contributed by atoms with E-state index in [2.05, 4.69) is 52.5 Å². The molecule has 2 aromatic heterocycles. The molecule has 0 saturated heterocycles. The average Bonchev–Trinajstić information content (AvgIpc) is 2.97. The Balaban J connectivity index is 1.43. The van der Waals surface area contributed by atoms with Gasteiger partial charge in [0.05, 0.1) is 18.2 Å². The fraction of sp³-hybridized carbons (Fsp3) is 0.129. The number of rotatable bonds is 6. The zero-order valence-corrected chi connectivity index (χ0v) is 23.6. The number of aromatic amines is 1. The number of ether oxygens (including phenoxy) is 2. The molecular formula is C31H25ClN4O3S. The first-order valence-corrected chi connectivity index (χ1v) is 14.2. The van der Waals surface area contributed by atoms with E-state index in [0.717, 1.165) is 27.7 Å². The summed E-state index contributed by atoms with van der Waals surface area (Å²) in [6.07, 6.45) is 5.62. The van der Waals surface area contributed by atoms with Crippen LogP contribution in [-0.2, 0) is 0 Å². The normalized spacial score (nSPS) is 14.3. The van der Waals surface area contributed by atoms with Crippen LogP contribution < -0.4 is 20.3 Å². The van der Waals surface area contributed by atoms with Crippen LogP contribution >= 0.6 is 23.4 Å². The summed E-state index contributed by atoms with van der Waals surface area (Å²) in [5.41, 5.74) is 5.01. The standard InChI is InChI=1S/C31H25ClN4O3S/c1-17-4-6-18(7-5-17)23-16-22(28-29(34-23)35-31(40-3)36-30(28)37)19-8-11-26(27(14-19)38-2)39-25-12-13-33-24-15-20(32)9-10-21(24)25/h4-16,22H,1-3H3,(H2,34,35,36,37). The van der Waals surface area contributed by atoms with Crippen LogP contribution in [0.1, 0.15) is 28.2 Å². The molecule has 0 bridgehead atoms. The minimum absolute atomic E-state index is 0.188. The number of methoxy groups -OCH3 is 1. The molecule has 0 amide bonds. The second kappa shape index (κ2) is 10.7. The van der Waals surface area contributed by atoms with Gasteiger partial charge in [-0.1, -0.05) is 59.3 Å². The summed E-state index contributed by atoms with van der Waals surface area (Å²) in [6.45, 7) is 2.05. The second-order valence-electron chi connectivity index (χ2n) is 9.37. The largest absolute Gasteiger partial charge is 0.493 e. The molecule has 0 saturated carbocycles. The maximum absolute atomic E-state index is 13.3. The predicted molar refractivity (Wildman–Crippen MR) is 161 cm³/mol. The van der Waals surface area contributed by atoms with Gasteiger partial charge in [-0.2, -0.15) is 0 Å². The Labute approximate surface area is 240 Å². The molecular weight excluding hydrogens is 544 g/mol. The van der Waals surface area contributed by atoms with E-state index in [-0.39, 0.29) is 11.5 Å². The molecule has 40 heavy (non-hydrogen) atoms. The lowest BCUT2D eigenvalue weighted by molar-refractivity contribution is 0.379. The SMILES string of the molecule is COc1cc(C2C=C(c3ccc(C)cc3)Nc3nc(SC)[nH]c(=O)c32)ccc1Oc1ccnc2cc(Cl)ccc12. The van der Waals surface area contributed by atoms with E-state index < -0.39 is 0 Å². The van der Waals surface area contributed by atoms with E-state index in [1.807, 2.05) is 30.5 Å². The van der Waals surface area contributed by atoms with Gasteiger partial charge in [-0.25, -0.2) is 4.98 Å². The topological polar surface area (TPSA) is 89.1 Å². The highest BCUT2D eigenvalue weighted by atomic mass is 35.5. The summed E-state index contributed by atoms with van der Waals surface area (Å²) in [4.78, 5) is 25.3. The molecule has 0 spiro atoms. The number of anilines is 1. The molecule has 200 valence electrons. The monoisotopic (exact) mass is 568 g/mol. The quantitative estimate of drug-likeness (QED) is 0.163. The van der Waals surface area contributed by atoms with Crippen molar-refractivity contribution in [1.29, 1.82) is 0 Å². The summed E-state index contributed by atoms with van der Waals surface area (Å²) >= 11 is 7.54. The molecule has 1 unspecified atom stereocenters. The third-order valence-electron chi connectivity index (χ3n) is 6.82. The van der Waals surface area contributed by atoms with Gasteiger partial charge >= 0.3 is 0 Å². The Morgan fingerprint density at radius 1 is 0.975 bits per heavy atom. The molecule has 3 heterocycles. The van der Waals surface area contributed by atoms with Crippen molar-refractivity contribution in [3.63, 3.8) is 0 Å². The van der Waals surface area contributed by atoms with Crippen LogP contribution in [0.5, 0.6) is 17.2 Å². The molecule has 0 aliphatic carbocycles. The van der Waals surface area contributed by atoms with Crippen LogP contribution in [0.4, 0.5) is 5.82 Å². The van der Waals surface area contributed by atoms with Crippen molar-refractivity contribution in [1.82, 2.24) is 15.0 Å². The van der Waals surface area contributed by atoms with Crippen molar-refractivity contribution in [3.05, 3.63) is 117 Å². The molecule has 1 aliphatic heterocycles. The smallest absolute Gasteiger partial charge is 0.257 e. The van der Waals surface area contributed by atoms with Crippen molar-refractivity contribution < 1.29 is 9.47 Å². The number of pyridine rings is 1. The Morgan fingerprint density at radius 2 is 1.80 bits per heavy atom. The first-order valence-electron chi connectivity index (χ1n) is 12.6. The van der Waals surface area contributed by atoms with Crippen molar-refractivity contribution in [2.75, 3.05) is 18.7 Å². The molecule has 9 heteroatoms. The highest BCUT2D eigenvalue weighted by Crippen LogP contribution is 2.41. The van der Waals surface area contributed by atoms with Gasteiger partial charge in [0.15, 0.2) is 16.7 Å². The molecule has 7 nitrogen and oxygen atoms in total. The van der Waals surface area contributed by atoms with Crippen LogP contribution in [0.3, 0.4) is 0 Å². The number of aryl methyl sites for hydroxylation is 1. The van der Waals surface area contributed by atoms with E-state index in [0.29, 0.717) is 38.8 Å². The third kappa shape index (κ3) is 4.92. The lowest BCUT2D eigenvalue weighted by atomic mass is 9.87. The summed E-state index contributed by atoms with van der Waals surface area (Å²) < 4.78 is 12.1. The lowest BCUT2D eigenvalue weighted by Gasteiger charge is -2.26. The summed E-state index contributed by atoms with van der Waals surface area (Å²) in [5.74, 6) is 1.87. The number of aromatic nitrogens is 3. The number of benzene rings is 3. The number of nitrogens with zero attached hydrogens (tertiary/aromatic N) is 2. The Bertz CT molecular complexity index is 1840. The Morgan fingerprint density at radius 3 is 2.58 bits per heavy atom. The number of halogens is 1. The molecule has 0 radical (unpaired) electrons. The van der Waals surface area contributed by atoms with Gasteiger partial charge in [0.1, 0.15) is 11.6 Å². The van der Waals surface area contributed by atoms with Crippen LogP contribution in [0.25, 0.3) is 16.6 Å². The zero-order chi connectivity index (χ0) is 27.8. The highest BCUT2D eigenvalue weighted by molar-refractivity contribution is 7.98. The van der Waals surface area contributed by atoms with E-state index in [9.17, 15) is 4.79 Å². The van der Waals surface area contributed by atoms with Gasteiger partial charge in [-0.3, -0.25) is 9.78 Å². The van der Waals surface area contributed by atoms with Gasteiger partial charge < -0.3 is 19.8 Å². The number of fused-ring (bicyclic) bond motifs is 2. The third-order valence-corrected chi connectivity index (χ3v) is 7.63. The highest BCUT2D eigenvalue weighted by Gasteiger charge is 2.28. The van der Waals surface area contributed by atoms with Gasteiger partial charge in [0.25, 0.3) is 5.56 Å². The number of H-pyrrole nitrogens is 1. The Hall–Kier alpha value is -4.27. The van der Waals surface area contributed by atoms with E-state index >= 15 is 0 Å². The molecule has 5 aromatic rings. The van der Waals surface area contributed by atoms with Crippen molar-refractivity contribution in [2.45, 2.75) is 18.0 Å². The predicted octanol–water partition coefficient (Wildman–Crippen LogP) is 7.40. The van der Waals surface area contributed by atoms with Gasteiger partial charge in [-0.15, -0.1) is 0 Å². The van der Waals surface area contributed by atoms with Crippen LogP contribution in [0.2, 0.25) is 5.02 Å². The van der Waals surface area contributed by atoms with E-state index in [4.69, 9.17) is 26.1 Å².